The molecule has 3 unspecified atom stereocenters. The number of quaternary nitrogens is 1. The minimum absolute atomic E-state index is 0.0518. The summed E-state index contributed by atoms with van der Waals surface area (Å²) in [5.74, 6) is -0.197. The molecule has 0 aromatic rings. The number of rotatable bonds is 43. The van der Waals surface area contributed by atoms with E-state index in [1.54, 1.807) is 6.08 Å². The van der Waals surface area contributed by atoms with Crippen molar-refractivity contribution in [3.8, 4) is 0 Å². The van der Waals surface area contributed by atoms with Crippen molar-refractivity contribution in [3.05, 3.63) is 48.6 Å². The summed E-state index contributed by atoms with van der Waals surface area (Å²) in [7, 11) is 1.54. The fourth-order valence-electron chi connectivity index (χ4n) is 6.66. The summed E-state index contributed by atoms with van der Waals surface area (Å²) in [6.45, 7) is 4.76. The highest BCUT2D eigenvalue weighted by Gasteiger charge is 2.27. The van der Waals surface area contributed by atoms with Gasteiger partial charge in [0.25, 0.3) is 0 Å². The van der Waals surface area contributed by atoms with E-state index in [9.17, 15) is 19.4 Å². The molecule has 8 nitrogen and oxygen atoms in total. The van der Waals surface area contributed by atoms with Gasteiger partial charge in [-0.3, -0.25) is 13.8 Å². The van der Waals surface area contributed by atoms with Crippen LogP contribution in [0.4, 0.5) is 0 Å². The lowest BCUT2D eigenvalue weighted by molar-refractivity contribution is -0.870. The molecular formula is C49H94N2O6P+. The maximum absolute atomic E-state index is 12.9. The number of likely N-dealkylation sites (N-methyl/N-ethyl adjacent to an activating group) is 1. The number of aliphatic hydroxyl groups is 1. The maximum Gasteiger partial charge on any atom is 0.472 e. The van der Waals surface area contributed by atoms with Crippen LogP contribution in [0.2, 0.25) is 0 Å². The predicted octanol–water partition coefficient (Wildman–Crippen LogP) is 13.6. The molecule has 0 aliphatic rings. The van der Waals surface area contributed by atoms with Gasteiger partial charge in [0.1, 0.15) is 13.2 Å². The summed E-state index contributed by atoms with van der Waals surface area (Å²) in [6.07, 6.45) is 51.9. The Labute approximate surface area is 359 Å². The van der Waals surface area contributed by atoms with Crippen LogP contribution in [0.5, 0.6) is 0 Å². The number of nitrogens with zero attached hydrogens (tertiary/aromatic N) is 1. The first-order valence-corrected chi connectivity index (χ1v) is 25.5. The predicted molar refractivity (Wildman–Crippen MR) is 249 cm³/mol. The van der Waals surface area contributed by atoms with E-state index in [1.807, 2.05) is 27.2 Å². The number of hydrogen-bond donors (Lipinski definition) is 3. The molecule has 0 aromatic heterocycles. The molecule has 0 aromatic carbocycles. The third-order valence-corrected chi connectivity index (χ3v) is 11.5. The normalized spacial score (nSPS) is 14.7. The van der Waals surface area contributed by atoms with Crippen LogP contribution in [-0.4, -0.2) is 73.4 Å². The first-order chi connectivity index (χ1) is 28.0. The number of unbranched alkanes of at least 4 members (excludes halogenated alkanes) is 24. The van der Waals surface area contributed by atoms with E-state index >= 15 is 0 Å². The third-order valence-electron chi connectivity index (χ3n) is 10.5. The molecule has 3 atom stereocenters. The molecule has 0 saturated carbocycles. The Morgan fingerprint density at radius 3 is 1.40 bits per heavy atom. The number of amides is 1. The smallest absolute Gasteiger partial charge is 0.387 e. The highest BCUT2D eigenvalue weighted by atomic mass is 31.2. The van der Waals surface area contributed by atoms with Crippen molar-refractivity contribution in [2.75, 3.05) is 40.9 Å². The maximum atomic E-state index is 12.9. The van der Waals surface area contributed by atoms with Crippen LogP contribution in [0.15, 0.2) is 48.6 Å². The summed E-state index contributed by atoms with van der Waals surface area (Å²) in [4.78, 5) is 23.1. The fourth-order valence-corrected chi connectivity index (χ4v) is 7.39. The molecular weight excluding hydrogens is 744 g/mol. The average molecular weight is 838 g/mol. The van der Waals surface area contributed by atoms with E-state index in [-0.39, 0.29) is 19.1 Å². The van der Waals surface area contributed by atoms with E-state index in [0.29, 0.717) is 17.4 Å². The lowest BCUT2D eigenvalue weighted by atomic mass is 10.0. The Hall–Kier alpha value is -1.54. The van der Waals surface area contributed by atoms with Gasteiger partial charge in [0.15, 0.2) is 0 Å². The number of allylic oxidation sites excluding steroid dienone is 7. The van der Waals surface area contributed by atoms with Crippen LogP contribution in [0.1, 0.15) is 206 Å². The zero-order valence-electron chi connectivity index (χ0n) is 38.5. The van der Waals surface area contributed by atoms with E-state index in [2.05, 4.69) is 55.6 Å². The molecule has 9 heteroatoms. The summed E-state index contributed by atoms with van der Waals surface area (Å²) in [5, 5.41) is 13.8. The molecule has 0 radical (unpaired) electrons. The van der Waals surface area contributed by atoms with Gasteiger partial charge in [-0.25, -0.2) is 4.57 Å². The summed E-state index contributed by atoms with van der Waals surface area (Å²) in [6, 6.07) is -0.871. The van der Waals surface area contributed by atoms with Crippen molar-refractivity contribution in [2.45, 2.75) is 219 Å². The molecule has 0 heterocycles. The zero-order chi connectivity index (χ0) is 42.8. The second-order valence-corrected chi connectivity index (χ2v) is 18.9. The van der Waals surface area contributed by atoms with E-state index in [1.165, 1.54) is 141 Å². The highest BCUT2D eigenvalue weighted by molar-refractivity contribution is 7.47. The highest BCUT2D eigenvalue weighted by Crippen LogP contribution is 2.43. The number of nitrogens with one attached hydrogen (secondary N) is 1. The quantitative estimate of drug-likeness (QED) is 0.0244. The van der Waals surface area contributed by atoms with Gasteiger partial charge in [0.05, 0.1) is 39.9 Å². The number of hydrogen-bond acceptors (Lipinski definition) is 5. The van der Waals surface area contributed by atoms with Gasteiger partial charge in [-0.1, -0.05) is 178 Å². The van der Waals surface area contributed by atoms with Crippen LogP contribution in [0, 0.1) is 0 Å². The van der Waals surface area contributed by atoms with Gasteiger partial charge in [-0.2, -0.15) is 0 Å². The molecule has 0 rings (SSSR count). The van der Waals surface area contributed by atoms with Crippen molar-refractivity contribution >= 4 is 13.7 Å². The minimum Gasteiger partial charge on any atom is -0.387 e. The van der Waals surface area contributed by atoms with Crippen LogP contribution in [-0.2, 0) is 18.4 Å². The van der Waals surface area contributed by atoms with Crippen LogP contribution >= 0.6 is 7.82 Å². The first-order valence-electron chi connectivity index (χ1n) is 24.0. The topological polar surface area (TPSA) is 105 Å². The number of carbonyl (C=O) groups excluding carboxylic acids is 1. The Bertz CT molecular complexity index is 1090. The van der Waals surface area contributed by atoms with Gasteiger partial charge in [0.2, 0.25) is 5.91 Å². The summed E-state index contributed by atoms with van der Waals surface area (Å²) in [5.41, 5.74) is 0. The minimum atomic E-state index is -4.35. The zero-order valence-corrected chi connectivity index (χ0v) is 39.4. The summed E-state index contributed by atoms with van der Waals surface area (Å²) >= 11 is 0. The second kappa shape index (κ2) is 40.8. The second-order valence-electron chi connectivity index (χ2n) is 17.5. The molecule has 0 aliphatic heterocycles. The number of phosphoric acid groups is 1. The molecule has 340 valence electrons. The van der Waals surface area contributed by atoms with Crippen molar-refractivity contribution in [2.24, 2.45) is 0 Å². The molecule has 3 N–H and O–H groups in total. The number of aliphatic hydroxyl groups excluding tert-OH is 1. The van der Waals surface area contributed by atoms with Crippen LogP contribution in [0.25, 0.3) is 0 Å². The molecule has 58 heavy (non-hydrogen) atoms. The van der Waals surface area contributed by atoms with E-state index in [4.69, 9.17) is 9.05 Å². The fraction of sp³-hybridized carbons (Fsp3) is 0.816. The Morgan fingerprint density at radius 2 is 0.948 bits per heavy atom. The molecule has 0 aliphatic carbocycles. The van der Waals surface area contributed by atoms with Crippen molar-refractivity contribution < 1.29 is 32.9 Å². The van der Waals surface area contributed by atoms with Crippen LogP contribution < -0.4 is 5.32 Å². The third kappa shape index (κ3) is 42.6. The van der Waals surface area contributed by atoms with Gasteiger partial charge in [0, 0.05) is 6.42 Å². The standard InChI is InChI=1S/C49H93N2O6P/c1-6-8-10-12-14-16-18-20-22-23-24-25-26-27-28-29-31-33-35-37-39-41-43-49(53)50-47(46-57-58(54,55)56-45-44-51(3,4)5)48(52)42-40-38-36-34-32-30-21-19-17-15-13-11-9-7-2/h17,19,26-27,32,34,40,42,47-48,52H,6-16,18,20-25,28-31,33,35-39,41,43-46H2,1-5H3,(H-,50,53,54,55)/p+1/b19-17+,27-26-,34-32+,42-40+. The van der Waals surface area contributed by atoms with Gasteiger partial charge >= 0.3 is 7.82 Å². The Kier molecular flexibility index (Phi) is 39.8. The first kappa shape index (κ1) is 56.5. The van der Waals surface area contributed by atoms with Crippen molar-refractivity contribution in [1.82, 2.24) is 5.32 Å². The largest absolute Gasteiger partial charge is 0.472 e. The van der Waals surface area contributed by atoms with Gasteiger partial charge in [-0.05, 0) is 70.6 Å². The van der Waals surface area contributed by atoms with Crippen molar-refractivity contribution in [3.63, 3.8) is 0 Å². The number of carbonyl (C=O) groups is 1. The number of phosphoric ester groups is 1. The molecule has 0 fully saturated rings. The SMILES string of the molecule is CCCCCC/C=C/CC/C=C/CC/C=C/C(O)C(COP(=O)(O)OCC[N+](C)(C)C)NC(=O)CCCCCCCCC/C=C\CCCCCCCCCCCCC. The van der Waals surface area contributed by atoms with Crippen molar-refractivity contribution in [1.29, 1.82) is 0 Å². The average Bonchev–Trinajstić information content (AvgIpc) is 3.17. The lowest BCUT2D eigenvalue weighted by Crippen LogP contribution is -2.45. The Balaban J connectivity index is 4.36. The van der Waals surface area contributed by atoms with E-state index in [0.717, 1.165) is 44.9 Å². The molecule has 0 spiro atoms. The van der Waals surface area contributed by atoms with Gasteiger partial charge < -0.3 is 19.8 Å². The molecule has 0 saturated heterocycles. The molecule has 1 amide bonds. The monoisotopic (exact) mass is 838 g/mol. The summed E-state index contributed by atoms with van der Waals surface area (Å²) < 4.78 is 23.5. The van der Waals surface area contributed by atoms with Gasteiger partial charge in [-0.15, -0.1) is 0 Å². The van der Waals surface area contributed by atoms with E-state index < -0.39 is 20.0 Å². The Morgan fingerprint density at radius 1 is 0.569 bits per heavy atom. The molecule has 0 bridgehead atoms. The lowest BCUT2D eigenvalue weighted by Gasteiger charge is -2.25. The van der Waals surface area contributed by atoms with Crippen LogP contribution in [0.3, 0.4) is 0 Å².